The molecule has 1 aliphatic rings. The van der Waals surface area contributed by atoms with Crippen molar-refractivity contribution in [2.75, 3.05) is 0 Å². The molecule has 1 aromatic heterocycles. The average molecular weight is 127 g/mol. The zero-order chi connectivity index (χ0) is 5.40. The van der Waals surface area contributed by atoms with E-state index >= 15 is 0 Å². The molecule has 0 aromatic carbocycles. The number of hydroxylamine groups is 1. The SMILES string of the molecule is c1c[pH]c(C2NO2)c1. The van der Waals surface area contributed by atoms with Crippen LogP contribution >= 0.6 is 8.19 Å². The van der Waals surface area contributed by atoms with Crippen LogP contribution < -0.4 is 5.48 Å². The van der Waals surface area contributed by atoms with E-state index in [0.29, 0.717) is 0 Å². The second-order valence-corrected chi connectivity index (χ2v) is 2.94. The van der Waals surface area contributed by atoms with Gasteiger partial charge in [-0.2, -0.15) is 5.48 Å². The van der Waals surface area contributed by atoms with Crippen molar-refractivity contribution in [3.8, 4) is 0 Å². The van der Waals surface area contributed by atoms with E-state index < -0.39 is 0 Å². The maximum Gasteiger partial charge on any atom is 0.180 e. The van der Waals surface area contributed by atoms with Gasteiger partial charge in [-0.05, 0) is 5.80 Å². The van der Waals surface area contributed by atoms with Gasteiger partial charge in [0.05, 0.1) is 0 Å². The molecule has 0 amide bonds. The van der Waals surface area contributed by atoms with Crippen LogP contribution in [0.1, 0.15) is 11.5 Å². The lowest BCUT2D eigenvalue weighted by molar-refractivity contribution is 0.376. The molecule has 1 N–H and O–H groups in total. The fraction of sp³-hybridized carbons (Fsp3) is 0.200. The first-order chi connectivity index (χ1) is 3.97. The molecule has 3 heteroatoms. The van der Waals surface area contributed by atoms with Gasteiger partial charge in [0.15, 0.2) is 6.23 Å². The van der Waals surface area contributed by atoms with Gasteiger partial charge in [0.1, 0.15) is 0 Å². The van der Waals surface area contributed by atoms with Crippen molar-refractivity contribution in [3.63, 3.8) is 0 Å². The molecular weight excluding hydrogens is 121 g/mol. The van der Waals surface area contributed by atoms with Crippen molar-refractivity contribution >= 4 is 8.19 Å². The van der Waals surface area contributed by atoms with Crippen molar-refractivity contribution < 1.29 is 4.84 Å². The third-order valence-electron chi connectivity index (χ3n) is 1.14. The van der Waals surface area contributed by atoms with E-state index in [-0.39, 0.29) is 6.23 Å². The van der Waals surface area contributed by atoms with E-state index in [1.165, 1.54) is 5.30 Å². The topological polar surface area (TPSA) is 34.5 Å². The van der Waals surface area contributed by atoms with Gasteiger partial charge in [-0.1, -0.05) is 12.1 Å². The summed E-state index contributed by atoms with van der Waals surface area (Å²) < 4.78 is 0. The second kappa shape index (κ2) is 1.59. The lowest BCUT2D eigenvalue weighted by Crippen LogP contribution is -1.72. The Morgan fingerprint density at radius 2 is 2.62 bits per heavy atom. The number of hydrogen-bond donors (Lipinski definition) is 1. The van der Waals surface area contributed by atoms with Gasteiger partial charge in [-0.3, -0.25) is 4.84 Å². The quantitative estimate of drug-likeness (QED) is 0.576. The van der Waals surface area contributed by atoms with E-state index in [1.54, 1.807) is 0 Å². The summed E-state index contributed by atoms with van der Waals surface area (Å²) in [6.45, 7) is 0. The highest BCUT2D eigenvalue weighted by Crippen LogP contribution is 2.30. The van der Waals surface area contributed by atoms with Crippen molar-refractivity contribution in [1.82, 2.24) is 5.48 Å². The maximum atomic E-state index is 4.84. The summed E-state index contributed by atoms with van der Waals surface area (Å²) in [6, 6.07) is 4.17. The highest BCUT2D eigenvalue weighted by molar-refractivity contribution is 7.30. The zero-order valence-electron chi connectivity index (χ0n) is 4.22. The number of rotatable bonds is 1. The third kappa shape index (κ3) is 0.671. The number of hydrogen-bond acceptors (Lipinski definition) is 2. The fourth-order valence-electron chi connectivity index (χ4n) is 0.668. The predicted molar refractivity (Wildman–Crippen MR) is 32.9 cm³/mol. The fourth-order valence-corrected chi connectivity index (χ4v) is 1.51. The monoisotopic (exact) mass is 127 g/mol. The molecule has 0 bridgehead atoms. The minimum Gasteiger partial charge on any atom is -0.273 e. The molecule has 0 saturated carbocycles. The van der Waals surface area contributed by atoms with Crippen LogP contribution in [0.3, 0.4) is 0 Å². The van der Waals surface area contributed by atoms with Crippen LogP contribution in [-0.4, -0.2) is 0 Å². The highest BCUT2D eigenvalue weighted by Gasteiger charge is 2.23. The molecule has 0 aliphatic carbocycles. The van der Waals surface area contributed by atoms with E-state index in [9.17, 15) is 0 Å². The summed E-state index contributed by atoms with van der Waals surface area (Å²) in [4.78, 5) is 4.84. The van der Waals surface area contributed by atoms with Crippen molar-refractivity contribution in [1.29, 1.82) is 0 Å². The normalized spacial score (nSPS) is 26.8. The summed E-state index contributed by atoms with van der Waals surface area (Å²) in [5.74, 6) is 2.15. The molecule has 2 unspecified atom stereocenters. The number of nitrogens with one attached hydrogen (secondary N) is 1. The van der Waals surface area contributed by atoms with Crippen LogP contribution in [0, 0.1) is 0 Å². The van der Waals surface area contributed by atoms with Crippen LogP contribution in [0.25, 0.3) is 0 Å². The molecule has 2 atom stereocenters. The van der Waals surface area contributed by atoms with E-state index in [2.05, 4.69) is 23.4 Å². The Morgan fingerprint density at radius 3 is 3.12 bits per heavy atom. The highest BCUT2D eigenvalue weighted by atomic mass is 31.0. The van der Waals surface area contributed by atoms with Gasteiger partial charge < -0.3 is 0 Å². The molecule has 0 radical (unpaired) electrons. The molecule has 42 valence electrons. The first-order valence-corrected chi connectivity index (χ1v) is 3.59. The molecule has 8 heavy (non-hydrogen) atoms. The summed E-state index contributed by atoms with van der Waals surface area (Å²) in [6.07, 6.45) is 0.253. The molecular formula is C5H6NOP. The van der Waals surface area contributed by atoms with Crippen LogP contribution in [-0.2, 0) is 4.84 Å². The van der Waals surface area contributed by atoms with E-state index in [4.69, 9.17) is 4.84 Å². The Balaban J connectivity index is 2.28. The standard InChI is InChI=1S/C5H6NOP/c1-2-4(8-3-1)5-6-7-5/h1-3,5-6,8H. The Morgan fingerprint density at radius 1 is 1.75 bits per heavy atom. The predicted octanol–water partition coefficient (Wildman–Crippen LogP) is 1.25. The van der Waals surface area contributed by atoms with Crippen LogP contribution in [0.4, 0.5) is 0 Å². The molecule has 1 saturated heterocycles. The molecule has 0 spiro atoms. The van der Waals surface area contributed by atoms with Crippen molar-refractivity contribution in [2.24, 2.45) is 0 Å². The van der Waals surface area contributed by atoms with Gasteiger partial charge in [0, 0.05) is 5.30 Å². The second-order valence-electron chi connectivity index (χ2n) is 1.74. The van der Waals surface area contributed by atoms with E-state index in [1.807, 2.05) is 0 Å². The zero-order valence-corrected chi connectivity index (χ0v) is 5.22. The van der Waals surface area contributed by atoms with Crippen LogP contribution in [0.2, 0.25) is 0 Å². The van der Waals surface area contributed by atoms with Gasteiger partial charge >= 0.3 is 0 Å². The molecule has 2 heterocycles. The first kappa shape index (κ1) is 4.57. The van der Waals surface area contributed by atoms with Crippen LogP contribution in [0.5, 0.6) is 0 Å². The molecule has 2 rings (SSSR count). The lowest BCUT2D eigenvalue weighted by atomic mass is 10.5. The molecule has 1 aliphatic heterocycles. The summed E-state index contributed by atoms with van der Waals surface area (Å²) in [7, 11) is 0.836. The van der Waals surface area contributed by atoms with Gasteiger partial charge in [0.2, 0.25) is 0 Å². The summed E-state index contributed by atoms with van der Waals surface area (Å²) >= 11 is 0. The van der Waals surface area contributed by atoms with Crippen LogP contribution in [0.15, 0.2) is 17.9 Å². The van der Waals surface area contributed by atoms with Crippen molar-refractivity contribution in [2.45, 2.75) is 6.23 Å². The van der Waals surface area contributed by atoms with Gasteiger partial charge in [-0.25, -0.2) is 0 Å². The van der Waals surface area contributed by atoms with Gasteiger partial charge in [-0.15, -0.1) is 8.19 Å². The van der Waals surface area contributed by atoms with Crippen molar-refractivity contribution in [3.05, 3.63) is 23.2 Å². The van der Waals surface area contributed by atoms with E-state index in [0.717, 1.165) is 8.19 Å². The summed E-state index contributed by atoms with van der Waals surface area (Å²) in [5, 5.41) is 1.37. The average Bonchev–Trinajstić information content (AvgIpc) is 2.49. The Hall–Kier alpha value is -0.300. The first-order valence-electron chi connectivity index (χ1n) is 2.51. The Labute approximate surface area is 48.9 Å². The van der Waals surface area contributed by atoms with Gasteiger partial charge in [0.25, 0.3) is 0 Å². The Kier molecular flexibility index (Phi) is 0.908. The largest absolute Gasteiger partial charge is 0.273 e. The molecule has 1 aromatic rings. The molecule has 2 nitrogen and oxygen atoms in total. The molecule has 1 fully saturated rings. The summed E-state index contributed by atoms with van der Waals surface area (Å²) in [5.41, 5.74) is 2.77. The maximum absolute atomic E-state index is 4.84. The minimum absolute atomic E-state index is 0.253. The smallest absolute Gasteiger partial charge is 0.180 e. The third-order valence-corrected chi connectivity index (χ3v) is 2.26. The minimum atomic E-state index is 0.253. The lowest BCUT2D eigenvalue weighted by Gasteiger charge is -1.77. The Bertz CT molecular complexity index is 169.